The molecular weight excluding hydrogens is 294 g/mol. The second-order valence-electron chi connectivity index (χ2n) is 4.32. The third-order valence-corrected chi connectivity index (χ3v) is 3.96. The van der Waals surface area contributed by atoms with Gasteiger partial charge in [0, 0.05) is 6.20 Å². The number of anilines is 1. The van der Waals surface area contributed by atoms with E-state index in [1.54, 1.807) is 0 Å². The number of nitrogens with zero attached hydrogens (tertiary/aromatic N) is 2. The maximum absolute atomic E-state index is 11.8. The van der Waals surface area contributed by atoms with Gasteiger partial charge in [0.05, 0.1) is 6.61 Å². The van der Waals surface area contributed by atoms with Crippen molar-refractivity contribution in [2.24, 2.45) is 0 Å². The third kappa shape index (κ3) is 2.09. The molecule has 2 saturated heterocycles. The first kappa shape index (κ1) is 13.5. The highest BCUT2D eigenvalue weighted by Crippen LogP contribution is 2.39. The number of ether oxygens (including phenoxy) is 1. The number of aliphatic hydroxyl groups is 1. The van der Waals surface area contributed by atoms with Gasteiger partial charge in [-0.1, -0.05) is 0 Å². The van der Waals surface area contributed by atoms with Crippen LogP contribution in [0.2, 0.25) is 0 Å². The Hall–Kier alpha value is -1.53. The zero-order chi connectivity index (χ0) is 14.5. The van der Waals surface area contributed by atoms with Gasteiger partial charge in [-0.25, -0.2) is 13.2 Å². The molecule has 2 fully saturated rings. The highest BCUT2D eigenvalue weighted by atomic mass is 32.3. The van der Waals surface area contributed by atoms with Crippen molar-refractivity contribution < 1.29 is 26.6 Å². The van der Waals surface area contributed by atoms with E-state index in [1.165, 1.54) is 12.3 Å². The van der Waals surface area contributed by atoms with Crippen LogP contribution in [0.3, 0.4) is 0 Å². The van der Waals surface area contributed by atoms with Gasteiger partial charge in [-0.2, -0.15) is 13.4 Å². The fraction of sp³-hybridized carbons (Fsp3) is 0.556. The Balaban J connectivity index is 2.00. The molecule has 0 bridgehead atoms. The van der Waals surface area contributed by atoms with Crippen LogP contribution in [0.1, 0.15) is 6.23 Å². The molecule has 2 aliphatic rings. The van der Waals surface area contributed by atoms with E-state index in [1.807, 2.05) is 0 Å². The van der Waals surface area contributed by atoms with Gasteiger partial charge in [0.25, 0.3) is 0 Å². The van der Waals surface area contributed by atoms with Gasteiger partial charge in [-0.15, -0.1) is 0 Å². The summed E-state index contributed by atoms with van der Waals surface area (Å²) in [5.41, 5.74) is 4.65. The number of fused-ring (bicyclic) bond motifs is 1. The van der Waals surface area contributed by atoms with E-state index in [0.29, 0.717) is 0 Å². The molecular formula is C9H11N3O7S. The Bertz CT molecular complexity index is 687. The molecule has 20 heavy (non-hydrogen) atoms. The molecule has 110 valence electrons. The lowest BCUT2D eigenvalue weighted by molar-refractivity contribution is -0.0578. The number of hydrogen-bond acceptors (Lipinski definition) is 9. The van der Waals surface area contributed by atoms with E-state index in [4.69, 9.17) is 18.8 Å². The summed E-state index contributed by atoms with van der Waals surface area (Å²) in [6.07, 6.45) is -2.78. The molecule has 0 aromatic carbocycles. The monoisotopic (exact) mass is 305 g/mol. The Labute approximate surface area is 113 Å². The lowest BCUT2D eigenvalue weighted by atomic mass is 10.1. The minimum absolute atomic E-state index is 0.0238. The van der Waals surface area contributed by atoms with Crippen molar-refractivity contribution in [1.82, 2.24) is 9.55 Å². The van der Waals surface area contributed by atoms with Crippen LogP contribution in [-0.4, -0.2) is 48.0 Å². The summed E-state index contributed by atoms with van der Waals surface area (Å²) in [7, 11) is -4.16. The van der Waals surface area contributed by atoms with Crippen LogP contribution >= 0.6 is 0 Å². The fourth-order valence-corrected chi connectivity index (χ4v) is 3.24. The summed E-state index contributed by atoms with van der Waals surface area (Å²) >= 11 is 0. The standard InChI is InChI=1S/C9H11N3O7S/c10-5-1-2-12(9(14)11-5)8-7-6(4(3-13)17-8)18-20(15,16)19-7/h1-2,4,6-8,13H,3H2,(H2,10,11,14)/t4-,6-,7-,8-/m1/s1. The summed E-state index contributed by atoms with van der Waals surface area (Å²) < 4.78 is 38.5. The van der Waals surface area contributed by atoms with Crippen LogP contribution in [0, 0.1) is 0 Å². The van der Waals surface area contributed by atoms with E-state index in [-0.39, 0.29) is 5.82 Å². The van der Waals surface area contributed by atoms with Gasteiger partial charge in [-0.05, 0) is 6.07 Å². The molecule has 0 unspecified atom stereocenters. The Morgan fingerprint density at radius 1 is 1.40 bits per heavy atom. The average molecular weight is 305 g/mol. The number of hydrogen-bond donors (Lipinski definition) is 2. The Morgan fingerprint density at radius 3 is 2.75 bits per heavy atom. The molecule has 1 aromatic rings. The summed E-state index contributed by atoms with van der Waals surface area (Å²) in [4.78, 5) is 15.3. The van der Waals surface area contributed by atoms with Gasteiger partial charge in [0.2, 0.25) is 0 Å². The maximum atomic E-state index is 11.8. The van der Waals surface area contributed by atoms with Gasteiger partial charge in [0.1, 0.15) is 18.0 Å². The number of nitrogens with two attached hydrogens (primary N) is 1. The van der Waals surface area contributed by atoms with Crippen LogP contribution in [0.25, 0.3) is 0 Å². The number of rotatable bonds is 2. The van der Waals surface area contributed by atoms with Crippen LogP contribution < -0.4 is 11.4 Å². The maximum Gasteiger partial charge on any atom is 0.400 e. The van der Waals surface area contributed by atoms with Crippen molar-refractivity contribution >= 4 is 16.2 Å². The van der Waals surface area contributed by atoms with E-state index < -0.39 is 47.2 Å². The van der Waals surface area contributed by atoms with E-state index >= 15 is 0 Å². The Morgan fingerprint density at radius 2 is 2.10 bits per heavy atom. The number of aromatic nitrogens is 2. The molecule has 10 nitrogen and oxygen atoms in total. The van der Waals surface area contributed by atoms with Crippen LogP contribution in [-0.2, 0) is 23.5 Å². The zero-order valence-electron chi connectivity index (χ0n) is 9.95. The predicted octanol–water partition coefficient (Wildman–Crippen LogP) is -2.26. The lowest BCUT2D eigenvalue weighted by Gasteiger charge is -2.17. The SMILES string of the molecule is Nc1ccn([C@@H]2O[C@H](CO)[C@H]3OS(=O)(=O)O[C@H]32)c(=O)n1. The first-order valence-corrected chi connectivity index (χ1v) is 6.97. The molecule has 0 amide bonds. The van der Waals surface area contributed by atoms with Crippen molar-refractivity contribution in [1.29, 1.82) is 0 Å². The van der Waals surface area contributed by atoms with Crippen molar-refractivity contribution in [3.63, 3.8) is 0 Å². The van der Waals surface area contributed by atoms with Crippen LogP contribution in [0.4, 0.5) is 5.82 Å². The quantitative estimate of drug-likeness (QED) is 0.618. The molecule has 3 N–H and O–H groups in total. The lowest BCUT2D eigenvalue weighted by Crippen LogP contribution is -2.34. The van der Waals surface area contributed by atoms with E-state index in [9.17, 15) is 18.3 Å². The molecule has 3 heterocycles. The van der Waals surface area contributed by atoms with Crippen LogP contribution in [0.15, 0.2) is 17.1 Å². The zero-order valence-corrected chi connectivity index (χ0v) is 10.8. The van der Waals surface area contributed by atoms with Crippen molar-refractivity contribution in [2.45, 2.75) is 24.5 Å². The summed E-state index contributed by atoms with van der Waals surface area (Å²) in [6, 6.07) is 1.36. The molecule has 0 spiro atoms. The molecule has 4 atom stereocenters. The van der Waals surface area contributed by atoms with E-state index in [2.05, 4.69) is 4.98 Å². The number of aliphatic hydroxyl groups excluding tert-OH is 1. The minimum Gasteiger partial charge on any atom is -0.394 e. The molecule has 0 radical (unpaired) electrons. The van der Waals surface area contributed by atoms with Crippen molar-refractivity contribution in [3.05, 3.63) is 22.7 Å². The molecule has 0 aliphatic carbocycles. The minimum atomic E-state index is -4.16. The second kappa shape index (κ2) is 4.49. The smallest absolute Gasteiger partial charge is 0.394 e. The molecule has 2 aliphatic heterocycles. The summed E-state index contributed by atoms with van der Waals surface area (Å²) in [5, 5.41) is 9.18. The first-order chi connectivity index (χ1) is 9.41. The van der Waals surface area contributed by atoms with E-state index in [0.717, 1.165) is 4.57 Å². The average Bonchev–Trinajstić information content (AvgIpc) is 2.83. The molecule has 3 rings (SSSR count). The molecule has 1 aromatic heterocycles. The van der Waals surface area contributed by atoms with Gasteiger partial charge in [0.15, 0.2) is 12.3 Å². The number of nitrogen functional groups attached to an aromatic ring is 1. The van der Waals surface area contributed by atoms with Gasteiger partial charge in [-0.3, -0.25) is 4.57 Å². The van der Waals surface area contributed by atoms with Gasteiger partial charge >= 0.3 is 16.1 Å². The molecule has 11 heteroatoms. The van der Waals surface area contributed by atoms with Crippen molar-refractivity contribution in [3.8, 4) is 0 Å². The fourth-order valence-electron chi connectivity index (χ4n) is 2.21. The summed E-state index contributed by atoms with van der Waals surface area (Å²) in [6.45, 7) is -0.478. The topological polar surface area (TPSA) is 143 Å². The highest BCUT2D eigenvalue weighted by molar-refractivity contribution is 7.82. The normalized spacial score (nSPS) is 35.0. The highest BCUT2D eigenvalue weighted by Gasteiger charge is 2.56. The predicted molar refractivity (Wildman–Crippen MR) is 62.6 cm³/mol. The first-order valence-electron chi connectivity index (χ1n) is 5.64. The third-order valence-electron chi connectivity index (χ3n) is 3.05. The largest absolute Gasteiger partial charge is 0.400 e. The van der Waals surface area contributed by atoms with Gasteiger partial charge < -0.3 is 15.6 Å². The molecule has 0 saturated carbocycles. The summed E-state index contributed by atoms with van der Waals surface area (Å²) in [5.74, 6) is 0.0238. The van der Waals surface area contributed by atoms with Crippen LogP contribution in [0.5, 0.6) is 0 Å². The van der Waals surface area contributed by atoms with Crippen molar-refractivity contribution in [2.75, 3.05) is 12.3 Å². The second-order valence-corrected chi connectivity index (χ2v) is 5.52. The Kier molecular flexibility index (Phi) is 3.02.